The fraction of sp³-hybridized carbons (Fsp3) is 0.923. The van der Waals surface area contributed by atoms with Gasteiger partial charge in [-0.3, -0.25) is 10.3 Å². The van der Waals surface area contributed by atoms with Gasteiger partial charge >= 0.3 is 0 Å². The molecular weight excluding hydrogens is 198 g/mol. The second kappa shape index (κ2) is 6.89. The van der Waals surface area contributed by atoms with E-state index in [0.717, 1.165) is 31.5 Å². The fourth-order valence-corrected chi connectivity index (χ4v) is 2.97. The van der Waals surface area contributed by atoms with Crippen LogP contribution < -0.4 is 5.73 Å². The second-order valence-electron chi connectivity index (χ2n) is 4.92. The molecule has 0 bridgehead atoms. The van der Waals surface area contributed by atoms with Crippen LogP contribution in [0.4, 0.5) is 0 Å². The van der Waals surface area contributed by atoms with Crippen molar-refractivity contribution in [2.45, 2.75) is 58.4 Å². The Balaban J connectivity index is 2.51. The van der Waals surface area contributed by atoms with Gasteiger partial charge in [0.25, 0.3) is 0 Å². The molecule has 1 aliphatic rings. The molecule has 3 heteroatoms. The second-order valence-corrected chi connectivity index (χ2v) is 4.92. The Morgan fingerprint density at radius 3 is 2.56 bits per heavy atom. The summed E-state index contributed by atoms with van der Waals surface area (Å²) in [6.07, 6.45) is 7.51. The lowest BCUT2D eigenvalue weighted by Crippen LogP contribution is -2.43. The van der Waals surface area contributed by atoms with Gasteiger partial charge in [-0.05, 0) is 25.3 Å². The van der Waals surface area contributed by atoms with Crippen LogP contribution in [0.25, 0.3) is 0 Å². The van der Waals surface area contributed by atoms with Gasteiger partial charge in [0, 0.05) is 19.0 Å². The van der Waals surface area contributed by atoms with Gasteiger partial charge in [-0.1, -0.05) is 33.1 Å². The molecule has 0 radical (unpaired) electrons. The minimum Gasteiger partial charge on any atom is -0.388 e. The van der Waals surface area contributed by atoms with Crippen molar-refractivity contribution in [3.63, 3.8) is 0 Å². The van der Waals surface area contributed by atoms with Gasteiger partial charge in [0.05, 0.1) is 5.84 Å². The Kier molecular flexibility index (Phi) is 5.81. The SMILES string of the molecule is CCC1CCCCC1N(CC)CCC(=N)N. The van der Waals surface area contributed by atoms with E-state index in [1.807, 2.05) is 0 Å². The van der Waals surface area contributed by atoms with Crippen molar-refractivity contribution in [2.75, 3.05) is 13.1 Å². The van der Waals surface area contributed by atoms with E-state index >= 15 is 0 Å². The summed E-state index contributed by atoms with van der Waals surface area (Å²) in [5.74, 6) is 1.18. The molecule has 1 fully saturated rings. The lowest BCUT2D eigenvalue weighted by Gasteiger charge is -2.39. The number of amidine groups is 1. The highest BCUT2D eigenvalue weighted by Crippen LogP contribution is 2.30. The highest BCUT2D eigenvalue weighted by atomic mass is 15.2. The predicted molar refractivity (Wildman–Crippen MR) is 69.8 cm³/mol. The third-order valence-electron chi connectivity index (χ3n) is 3.94. The Hall–Kier alpha value is -0.570. The summed E-state index contributed by atoms with van der Waals surface area (Å²) in [5, 5.41) is 7.32. The van der Waals surface area contributed by atoms with Crippen molar-refractivity contribution in [3.8, 4) is 0 Å². The third-order valence-corrected chi connectivity index (χ3v) is 3.94. The summed E-state index contributed by atoms with van der Waals surface area (Å²) in [6, 6.07) is 0.739. The van der Waals surface area contributed by atoms with Crippen LogP contribution in [0, 0.1) is 11.3 Å². The zero-order valence-corrected chi connectivity index (χ0v) is 10.8. The standard InChI is InChI=1S/C13H27N3/c1-3-11-7-5-6-8-12(11)16(4-2)10-9-13(14)15/h11-12H,3-10H2,1-2H3,(H3,14,15). The number of hydrogen-bond acceptors (Lipinski definition) is 2. The minimum atomic E-state index is 0.322. The topological polar surface area (TPSA) is 53.1 Å². The lowest BCUT2D eigenvalue weighted by atomic mass is 9.82. The largest absolute Gasteiger partial charge is 0.388 e. The molecule has 3 N–H and O–H groups in total. The van der Waals surface area contributed by atoms with E-state index in [9.17, 15) is 0 Å². The van der Waals surface area contributed by atoms with E-state index in [1.165, 1.54) is 32.1 Å². The summed E-state index contributed by atoms with van der Waals surface area (Å²) in [5.41, 5.74) is 5.45. The van der Waals surface area contributed by atoms with Gasteiger partial charge in [-0.25, -0.2) is 0 Å². The first-order chi connectivity index (χ1) is 7.69. The van der Waals surface area contributed by atoms with Crippen molar-refractivity contribution < 1.29 is 0 Å². The van der Waals surface area contributed by atoms with Crippen LogP contribution in [0.1, 0.15) is 52.4 Å². The molecule has 2 unspecified atom stereocenters. The molecule has 0 aromatic rings. The molecule has 1 aliphatic carbocycles. The predicted octanol–water partition coefficient (Wildman–Crippen LogP) is 2.60. The van der Waals surface area contributed by atoms with Gasteiger partial charge in [0.15, 0.2) is 0 Å². The fourth-order valence-electron chi connectivity index (χ4n) is 2.97. The zero-order chi connectivity index (χ0) is 12.0. The third kappa shape index (κ3) is 3.78. The first-order valence-electron chi connectivity index (χ1n) is 6.76. The van der Waals surface area contributed by atoms with Crippen molar-refractivity contribution >= 4 is 5.84 Å². The maximum absolute atomic E-state index is 7.32. The number of nitrogens with one attached hydrogen (secondary N) is 1. The van der Waals surface area contributed by atoms with E-state index in [1.54, 1.807) is 0 Å². The molecule has 0 aromatic heterocycles. The van der Waals surface area contributed by atoms with Crippen LogP contribution in [-0.4, -0.2) is 29.9 Å². The summed E-state index contributed by atoms with van der Waals surface area (Å²) < 4.78 is 0. The summed E-state index contributed by atoms with van der Waals surface area (Å²) in [4.78, 5) is 2.54. The molecule has 0 heterocycles. The van der Waals surface area contributed by atoms with Crippen molar-refractivity contribution in [2.24, 2.45) is 11.7 Å². The number of hydrogen-bond donors (Lipinski definition) is 2. The summed E-state index contributed by atoms with van der Waals surface area (Å²) >= 11 is 0. The van der Waals surface area contributed by atoms with E-state index in [-0.39, 0.29) is 0 Å². The average Bonchev–Trinajstić information content (AvgIpc) is 2.30. The maximum atomic E-state index is 7.32. The quantitative estimate of drug-likeness (QED) is 0.539. The smallest absolute Gasteiger partial charge is 0.0918 e. The monoisotopic (exact) mass is 225 g/mol. The van der Waals surface area contributed by atoms with Crippen LogP contribution >= 0.6 is 0 Å². The molecule has 16 heavy (non-hydrogen) atoms. The molecule has 0 aromatic carbocycles. The van der Waals surface area contributed by atoms with Crippen molar-refractivity contribution in [1.29, 1.82) is 5.41 Å². The van der Waals surface area contributed by atoms with Crippen molar-refractivity contribution in [3.05, 3.63) is 0 Å². The Labute approximate surface area is 99.9 Å². The Bertz CT molecular complexity index is 215. The van der Waals surface area contributed by atoms with E-state index in [4.69, 9.17) is 11.1 Å². The molecule has 0 aliphatic heterocycles. The first-order valence-corrected chi connectivity index (χ1v) is 6.76. The van der Waals surface area contributed by atoms with Crippen LogP contribution in [0.3, 0.4) is 0 Å². The zero-order valence-electron chi connectivity index (χ0n) is 10.8. The number of nitrogens with two attached hydrogens (primary N) is 1. The molecule has 0 saturated heterocycles. The molecule has 94 valence electrons. The molecule has 3 nitrogen and oxygen atoms in total. The van der Waals surface area contributed by atoms with E-state index < -0.39 is 0 Å². The van der Waals surface area contributed by atoms with Gasteiger partial charge in [0.1, 0.15) is 0 Å². The number of rotatable bonds is 6. The van der Waals surface area contributed by atoms with Crippen LogP contribution in [0.15, 0.2) is 0 Å². The van der Waals surface area contributed by atoms with Gasteiger partial charge < -0.3 is 5.73 Å². The van der Waals surface area contributed by atoms with E-state index in [2.05, 4.69) is 18.7 Å². The maximum Gasteiger partial charge on any atom is 0.0918 e. The molecule has 0 spiro atoms. The van der Waals surface area contributed by atoms with Gasteiger partial charge in [-0.15, -0.1) is 0 Å². The average molecular weight is 225 g/mol. The van der Waals surface area contributed by atoms with Gasteiger partial charge in [-0.2, -0.15) is 0 Å². The molecule has 0 amide bonds. The highest BCUT2D eigenvalue weighted by Gasteiger charge is 2.27. The van der Waals surface area contributed by atoms with Crippen molar-refractivity contribution in [1.82, 2.24) is 4.90 Å². The Morgan fingerprint density at radius 2 is 2.00 bits per heavy atom. The molecular formula is C13H27N3. The minimum absolute atomic E-state index is 0.322. The van der Waals surface area contributed by atoms with Crippen LogP contribution in [-0.2, 0) is 0 Å². The first kappa shape index (κ1) is 13.5. The lowest BCUT2D eigenvalue weighted by molar-refractivity contribution is 0.109. The summed E-state index contributed by atoms with van der Waals surface area (Å²) in [7, 11) is 0. The number of nitrogens with zero attached hydrogens (tertiary/aromatic N) is 1. The Morgan fingerprint density at radius 1 is 1.31 bits per heavy atom. The van der Waals surface area contributed by atoms with Gasteiger partial charge in [0.2, 0.25) is 0 Å². The molecule has 2 atom stereocenters. The molecule has 1 rings (SSSR count). The molecule has 1 saturated carbocycles. The normalized spacial score (nSPS) is 25.9. The summed E-state index contributed by atoms with van der Waals surface area (Å²) in [6.45, 7) is 6.59. The van der Waals surface area contributed by atoms with Crippen LogP contribution in [0.5, 0.6) is 0 Å². The highest BCUT2D eigenvalue weighted by molar-refractivity contribution is 5.76. The van der Waals surface area contributed by atoms with Crippen LogP contribution in [0.2, 0.25) is 0 Å². The van der Waals surface area contributed by atoms with E-state index in [0.29, 0.717) is 5.84 Å².